The van der Waals surface area contributed by atoms with Gasteiger partial charge in [0.1, 0.15) is 0 Å². The van der Waals surface area contributed by atoms with Crippen LogP contribution in [0.3, 0.4) is 0 Å². The second-order valence-corrected chi connectivity index (χ2v) is 1.60. The summed E-state index contributed by atoms with van der Waals surface area (Å²) < 4.78 is 4.93. The van der Waals surface area contributed by atoms with Gasteiger partial charge in [0, 0.05) is 15.1 Å². The molecule has 1 atom stereocenters. The normalized spacial score (nSPS) is 14.1. The van der Waals surface area contributed by atoms with E-state index in [0.717, 1.165) is 6.54 Å². The minimum atomic E-state index is 0. The fourth-order valence-corrected chi connectivity index (χ4v) is 0.371. The van der Waals surface area contributed by atoms with E-state index in [1.54, 1.807) is 7.11 Å². The van der Waals surface area contributed by atoms with E-state index in [1.165, 1.54) is 0 Å². The molecule has 0 unspecified atom stereocenters. The molecule has 0 saturated heterocycles. The van der Waals surface area contributed by atoms with Crippen molar-refractivity contribution < 1.29 is 6.16 Å². The first-order valence-corrected chi connectivity index (χ1v) is 2.48. The lowest BCUT2D eigenvalue weighted by molar-refractivity contribution is 0.119. The van der Waals surface area contributed by atoms with Crippen LogP contribution in [0.2, 0.25) is 0 Å². The van der Waals surface area contributed by atoms with E-state index in [4.69, 9.17) is 4.74 Å². The quantitative estimate of drug-likeness (QED) is 0.564. The summed E-state index contributed by atoms with van der Waals surface area (Å²) in [5, 5.41) is 2.99. The van der Waals surface area contributed by atoms with Gasteiger partial charge in [0.25, 0.3) is 0 Å². The lowest BCUT2D eigenvalue weighted by Crippen LogP contribution is -2.21. The lowest BCUT2D eigenvalue weighted by Gasteiger charge is -2.05. The van der Waals surface area contributed by atoms with E-state index in [0.29, 0.717) is 6.10 Å². The molecule has 0 aromatic heterocycles. The molecule has 0 fully saturated rings. The van der Waals surface area contributed by atoms with Crippen LogP contribution >= 0.6 is 0 Å². The van der Waals surface area contributed by atoms with Crippen LogP contribution < -0.4 is 5.32 Å². The number of methoxy groups -OCH3 is 1. The molecule has 0 aliphatic carbocycles. The van der Waals surface area contributed by atoms with Crippen LogP contribution in [0.1, 0.15) is 8.35 Å². The Hall–Kier alpha value is -0.0800. The van der Waals surface area contributed by atoms with Gasteiger partial charge in [-0.2, -0.15) is 0 Å². The molecule has 0 heterocycles. The molecule has 0 spiro atoms. The van der Waals surface area contributed by atoms with Crippen LogP contribution in [-0.4, -0.2) is 26.8 Å². The smallest absolute Gasteiger partial charge is 0.0667 e. The molecule has 0 aliphatic rings. The maximum atomic E-state index is 4.93. The molecule has 0 bridgehead atoms. The molecular formula is C5H15NO. The van der Waals surface area contributed by atoms with E-state index in [-0.39, 0.29) is 1.43 Å². The predicted molar refractivity (Wildman–Crippen MR) is 32.5 cm³/mol. The Morgan fingerprint density at radius 1 is 1.86 bits per heavy atom. The van der Waals surface area contributed by atoms with Crippen LogP contribution in [-0.2, 0) is 4.74 Å². The van der Waals surface area contributed by atoms with E-state index in [9.17, 15) is 0 Å². The number of hydrogen-bond acceptors (Lipinski definition) is 2. The summed E-state index contributed by atoms with van der Waals surface area (Å²) in [5.74, 6) is 0. The fourth-order valence-electron chi connectivity index (χ4n) is 0.371. The van der Waals surface area contributed by atoms with Crippen molar-refractivity contribution in [2.24, 2.45) is 0 Å². The summed E-state index contributed by atoms with van der Waals surface area (Å²) in [7, 11) is 3.62. The highest BCUT2D eigenvalue weighted by Crippen LogP contribution is 1.80. The van der Waals surface area contributed by atoms with Crippen molar-refractivity contribution in [1.29, 1.82) is 0 Å². The van der Waals surface area contributed by atoms with Gasteiger partial charge < -0.3 is 10.1 Å². The van der Waals surface area contributed by atoms with Gasteiger partial charge >= 0.3 is 0 Å². The van der Waals surface area contributed by atoms with Gasteiger partial charge in [-0.05, 0) is 14.0 Å². The van der Waals surface area contributed by atoms with Crippen LogP contribution in [0.25, 0.3) is 0 Å². The van der Waals surface area contributed by atoms with Crippen molar-refractivity contribution in [2.75, 3.05) is 20.7 Å². The molecule has 0 amide bonds. The summed E-state index contributed by atoms with van der Waals surface area (Å²) in [5.41, 5.74) is 0. The van der Waals surface area contributed by atoms with Gasteiger partial charge in [-0.1, -0.05) is 0 Å². The topological polar surface area (TPSA) is 21.3 Å². The van der Waals surface area contributed by atoms with Gasteiger partial charge in [-0.3, -0.25) is 0 Å². The van der Waals surface area contributed by atoms with Crippen molar-refractivity contribution in [3.8, 4) is 0 Å². The molecule has 0 saturated carbocycles. The zero-order valence-electron chi connectivity index (χ0n) is 5.19. The van der Waals surface area contributed by atoms with Gasteiger partial charge in [0.05, 0.1) is 6.10 Å². The molecule has 0 aliphatic heterocycles. The van der Waals surface area contributed by atoms with Crippen LogP contribution in [0.5, 0.6) is 0 Å². The van der Waals surface area contributed by atoms with Crippen molar-refractivity contribution in [1.82, 2.24) is 5.32 Å². The first-order chi connectivity index (χ1) is 3.31. The van der Waals surface area contributed by atoms with Crippen molar-refractivity contribution in [3.63, 3.8) is 0 Å². The molecule has 0 aromatic carbocycles. The van der Waals surface area contributed by atoms with Crippen LogP contribution in [0.15, 0.2) is 0 Å². The first kappa shape index (κ1) is 6.92. The highest BCUT2D eigenvalue weighted by atomic mass is 16.5. The lowest BCUT2D eigenvalue weighted by atomic mass is 10.4. The Labute approximate surface area is 46.3 Å². The maximum absolute atomic E-state index is 4.93. The molecule has 46 valence electrons. The molecular weight excluding hydrogens is 90.1 g/mol. The zero-order valence-corrected chi connectivity index (χ0v) is 5.19. The average molecular weight is 105 g/mol. The van der Waals surface area contributed by atoms with E-state index in [1.807, 2.05) is 14.0 Å². The van der Waals surface area contributed by atoms with Crippen molar-refractivity contribution in [2.45, 2.75) is 13.0 Å². The fraction of sp³-hybridized carbons (Fsp3) is 1.00. The maximum Gasteiger partial charge on any atom is 0.0667 e. The Morgan fingerprint density at radius 2 is 2.43 bits per heavy atom. The third kappa shape index (κ3) is 3.76. The van der Waals surface area contributed by atoms with E-state index < -0.39 is 0 Å². The zero-order chi connectivity index (χ0) is 5.70. The van der Waals surface area contributed by atoms with Crippen molar-refractivity contribution in [3.05, 3.63) is 0 Å². The third-order valence-corrected chi connectivity index (χ3v) is 0.894. The second kappa shape index (κ2) is 4.09. The van der Waals surface area contributed by atoms with Crippen LogP contribution in [0.4, 0.5) is 0 Å². The highest BCUT2D eigenvalue weighted by Gasteiger charge is 1.92. The van der Waals surface area contributed by atoms with E-state index in [2.05, 4.69) is 5.32 Å². The predicted octanol–water partition coefficient (Wildman–Crippen LogP) is 0.487. The molecule has 0 rings (SSSR count). The Bertz CT molecular complexity index is 43.4. The van der Waals surface area contributed by atoms with Gasteiger partial charge in [-0.25, -0.2) is 0 Å². The number of nitrogens with one attached hydrogen (secondary N) is 1. The highest BCUT2D eigenvalue weighted by molar-refractivity contribution is 4.48. The van der Waals surface area contributed by atoms with E-state index >= 15 is 0 Å². The van der Waals surface area contributed by atoms with Crippen LogP contribution in [0, 0.1) is 0 Å². The molecule has 1 N–H and O–H groups in total. The molecule has 0 radical (unpaired) electrons. The largest absolute Gasteiger partial charge is 0.380 e. The number of rotatable bonds is 3. The number of ether oxygens (including phenoxy) is 1. The molecule has 0 aromatic rings. The minimum Gasteiger partial charge on any atom is -0.380 e. The van der Waals surface area contributed by atoms with Gasteiger partial charge in [-0.15, -0.1) is 0 Å². The molecule has 7 heavy (non-hydrogen) atoms. The Balaban J connectivity index is 0. The Kier molecular flexibility index (Phi) is 4.04. The standard InChI is InChI=1S/C5H13NO.H2/c1-5(7-3)4-6-2;/h5-6H,4H2,1-3H3;1H/t5-;/m0./s1. The van der Waals surface area contributed by atoms with Gasteiger partial charge in [0.15, 0.2) is 0 Å². The number of likely N-dealkylation sites (N-methyl/N-ethyl adjacent to an activating group) is 1. The third-order valence-electron chi connectivity index (χ3n) is 0.894. The minimum absolute atomic E-state index is 0. The van der Waals surface area contributed by atoms with Gasteiger partial charge in [0.2, 0.25) is 0 Å². The SMILES string of the molecule is CNC[C@H](C)OC.[HH]. The van der Waals surface area contributed by atoms with Crippen molar-refractivity contribution >= 4 is 0 Å². The monoisotopic (exact) mass is 105 g/mol. The summed E-state index contributed by atoms with van der Waals surface area (Å²) in [6.07, 6.45) is 0.338. The first-order valence-electron chi connectivity index (χ1n) is 2.48. The summed E-state index contributed by atoms with van der Waals surface area (Å²) >= 11 is 0. The Morgan fingerprint density at radius 3 is 2.57 bits per heavy atom. The average Bonchev–Trinajstić information content (AvgIpc) is 1.68. The summed E-state index contributed by atoms with van der Waals surface area (Å²) in [4.78, 5) is 0. The summed E-state index contributed by atoms with van der Waals surface area (Å²) in [6, 6.07) is 0. The molecule has 2 nitrogen and oxygen atoms in total. The molecule has 2 heteroatoms. The summed E-state index contributed by atoms with van der Waals surface area (Å²) in [6.45, 7) is 2.95. The number of hydrogen-bond donors (Lipinski definition) is 1. The second-order valence-electron chi connectivity index (χ2n) is 1.60.